The van der Waals surface area contributed by atoms with Crippen LogP contribution >= 0.6 is 11.6 Å². The number of hydrazine groups is 1. The van der Waals surface area contributed by atoms with E-state index in [-0.39, 0.29) is 24.1 Å². The molecule has 1 aromatic carbocycles. The maximum Gasteiger partial charge on any atom is 0.238 e. The van der Waals surface area contributed by atoms with Crippen molar-refractivity contribution >= 4 is 17.5 Å². The number of amides is 1. The summed E-state index contributed by atoms with van der Waals surface area (Å²) in [6.07, 6.45) is 2.36. The van der Waals surface area contributed by atoms with Crippen molar-refractivity contribution in [3.05, 3.63) is 58.7 Å². The summed E-state index contributed by atoms with van der Waals surface area (Å²) < 4.78 is 5.69. The van der Waals surface area contributed by atoms with Gasteiger partial charge in [0.05, 0.1) is 6.10 Å². The highest BCUT2D eigenvalue weighted by Gasteiger charge is 2.30. The summed E-state index contributed by atoms with van der Waals surface area (Å²) in [5.74, 6) is 0.485. The van der Waals surface area contributed by atoms with Crippen molar-refractivity contribution in [3.8, 4) is 5.88 Å². The van der Waals surface area contributed by atoms with Gasteiger partial charge in [-0.15, -0.1) is 0 Å². The second-order valence-corrected chi connectivity index (χ2v) is 6.97. The molecule has 2 aromatic rings. The average Bonchev–Trinajstić information content (AvgIpc) is 3.10. The van der Waals surface area contributed by atoms with E-state index in [1.807, 2.05) is 50.2 Å². The molecule has 7 heteroatoms. The predicted molar refractivity (Wildman–Crippen MR) is 101 cm³/mol. The van der Waals surface area contributed by atoms with Gasteiger partial charge in [-0.25, -0.2) is 15.8 Å². The Morgan fingerprint density at radius 2 is 2.19 bits per heavy atom. The zero-order valence-electron chi connectivity index (χ0n) is 14.8. The second kappa shape index (κ2) is 8.49. The maximum absolute atomic E-state index is 12.5. The summed E-state index contributed by atoms with van der Waals surface area (Å²) >= 11 is 6.05. The van der Waals surface area contributed by atoms with Crippen molar-refractivity contribution in [1.82, 2.24) is 21.2 Å². The lowest BCUT2D eigenvalue weighted by atomic mass is 10.0. The molecule has 0 aliphatic carbocycles. The van der Waals surface area contributed by atoms with Gasteiger partial charge in [-0.1, -0.05) is 29.8 Å². The van der Waals surface area contributed by atoms with Crippen LogP contribution in [0.15, 0.2) is 42.6 Å². The second-order valence-electron chi connectivity index (χ2n) is 6.54. The SMILES string of the molecule is CC(C)Oc1ncccc1CNC(=O)C1CC(c2cccc(Cl)c2)NN1. The van der Waals surface area contributed by atoms with E-state index in [0.717, 1.165) is 11.1 Å². The third-order valence-corrected chi connectivity index (χ3v) is 4.36. The van der Waals surface area contributed by atoms with Crippen LogP contribution in [-0.4, -0.2) is 23.0 Å². The molecular formula is C19H23ClN4O2. The number of rotatable bonds is 6. The van der Waals surface area contributed by atoms with E-state index in [2.05, 4.69) is 21.2 Å². The van der Waals surface area contributed by atoms with E-state index >= 15 is 0 Å². The molecule has 6 nitrogen and oxygen atoms in total. The van der Waals surface area contributed by atoms with Crippen LogP contribution in [-0.2, 0) is 11.3 Å². The largest absolute Gasteiger partial charge is 0.475 e. The molecule has 1 aromatic heterocycles. The summed E-state index contributed by atoms with van der Waals surface area (Å²) in [6, 6.07) is 11.1. The molecule has 0 bridgehead atoms. The molecule has 0 saturated carbocycles. The van der Waals surface area contributed by atoms with Gasteiger partial charge in [-0.2, -0.15) is 0 Å². The maximum atomic E-state index is 12.5. The van der Waals surface area contributed by atoms with Crippen LogP contribution in [0.25, 0.3) is 0 Å². The number of carbonyl (C=O) groups is 1. The third kappa shape index (κ3) is 4.72. The van der Waals surface area contributed by atoms with Crippen LogP contribution in [0, 0.1) is 0 Å². The highest BCUT2D eigenvalue weighted by atomic mass is 35.5. The number of pyridine rings is 1. The average molecular weight is 375 g/mol. The Hall–Kier alpha value is -2.15. The number of nitrogens with one attached hydrogen (secondary N) is 3. The number of halogens is 1. The van der Waals surface area contributed by atoms with Gasteiger partial charge in [-0.3, -0.25) is 4.79 Å². The van der Waals surface area contributed by atoms with Gasteiger partial charge < -0.3 is 10.1 Å². The van der Waals surface area contributed by atoms with E-state index in [4.69, 9.17) is 16.3 Å². The van der Waals surface area contributed by atoms with E-state index < -0.39 is 0 Å². The predicted octanol–water partition coefficient (Wildman–Crippen LogP) is 2.75. The molecule has 3 rings (SSSR count). The first kappa shape index (κ1) is 18.6. The Labute approximate surface area is 158 Å². The van der Waals surface area contributed by atoms with Crippen molar-refractivity contribution in [3.63, 3.8) is 0 Å². The fraction of sp³-hybridized carbons (Fsp3) is 0.368. The molecule has 1 aliphatic heterocycles. The lowest BCUT2D eigenvalue weighted by Crippen LogP contribution is -2.42. The minimum Gasteiger partial charge on any atom is -0.475 e. The summed E-state index contributed by atoms with van der Waals surface area (Å²) in [4.78, 5) is 16.7. The number of nitrogens with zero attached hydrogens (tertiary/aromatic N) is 1. The third-order valence-electron chi connectivity index (χ3n) is 4.12. The smallest absolute Gasteiger partial charge is 0.238 e. The van der Waals surface area contributed by atoms with E-state index in [1.54, 1.807) is 6.20 Å². The van der Waals surface area contributed by atoms with Crippen molar-refractivity contribution in [1.29, 1.82) is 0 Å². The van der Waals surface area contributed by atoms with Crippen LogP contribution in [0.4, 0.5) is 0 Å². The Morgan fingerprint density at radius 3 is 2.96 bits per heavy atom. The van der Waals surface area contributed by atoms with Gasteiger partial charge in [0.2, 0.25) is 11.8 Å². The summed E-state index contributed by atoms with van der Waals surface area (Å²) in [5.41, 5.74) is 8.13. The normalized spacial score (nSPS) is 19.5. The van der Waals surface area contributed by atoms with Crippen LogP contribution < -0.4 is 20.9 Å². The minimum atomic E-state index is -0.315. The van der Waals surface area contributed by atoms with Crippen LogP contribution in [0.5, 0.6) is 5.88 Å². The summed E-state index contributed by atoms with van der Waals surface area (Å²) in [5, 5.41) is 3.64. The first-order valence-corrected chi connectivity index (χ1v) is 9.05. The van der Waals surface area contributed by atoms with Gasteiger partial charge in [0.25, 0.3) is 0 Å². The fourth-order valence-corrected chi connectivity index (χ4v) is 3.06. The first-order chi connectivity index (χ1) is 12.5. The number of hydrogen-bond acceptors (Lipinski definition) is 5. The fourth-order valence-electron chi connectivity index (χ4n) is 2.86. The number of aromatic nitrogens is 1. The Balaban J connectivity index is 1.57. The number of carbonyl (C=O) groups excluding carboxylic acids is 1. The summed E-state index contributed by atoms with van der Waals surface area (Å²) in [7, 11) is 0. The standard InChI is InChI=1S/C19H23ClN4O2/c1-12(2)26-19-14(6-4-8-21-19)11-22-18(25)17-10-16(23-24-17)13-5-3-7-15(20)9-13/h3-9,12,16-17,23-24H,10-11H2,1-2H3,(H,22,25). The molecule has 0 spiro atoms. The Bertz CT molecular complexity index is 769. The van der Waals surface area contributed by atoms with E-state index in [0.29, 0.717) is 23.9 Å². The number of benzene rings is 1. The zero-order chi connectivity index (χ0) is 18.5. The van der Waals surface area contributed by atoms with Crippen molar-refractivity contribution in [2.45, 2.75) is 45.0 Å². The molecule has 26 heavy (non-hydrogen) atoms. The van der Waals surface area contributed by atoms with Crippen LogP contribution in [0.3, 0.4) is 0 Å². The molecule has 3 N–H and O–H groups in total. The minimum absolute atomic E-state index is 0.0264. The molecule has 2 heterocycles. The van der Waals surface area contributed by atoms with Crippen molar-refractivity contribution in [2.75, 3.05) is 0 Å². The van der Waals surface area contributed by atoms with Gasteiger partial charge in [0.15, 0.2) is 0 Å². The van der Waals surface area contributed by atoms with Gasteiger partial charge in [-0.05, 0) is 44.0 Å². The monoisotopic (exact) mass is 374 g/mol. The molecule has 1 saturated heterocycles. The molecular weight excluding hydrogens is 352 g/mol. The summed E-state index contributed by atoms with van der Waals surface area (Å²) in [6.45, 7) is 4.26. The Kier molecular flexibility index (Phi) is 6.08. The molecule has 138 valence electrons. The van der Waals surface area contributed by atoms with Gasteiger partial charge >= 0.3 is 0 Å². The Morgan fingerprint density at radius 1 is 1.35 bits per heavy atom. The lowest BCUT2D eigenvalue weighted by Gasteiger charge is -2.14. The quantitative estimate of drug-likeness (QED) is 0.725. The molecule has 1 aliphatic rings. The topological polar surface area (TPSA) is 75.3 Å². The van der Waals surface area contributed by atoms with E-state index in [1.165, 1.54) is 0 Å². The lowest BCUT2D eigenvalue weighted by molar-refractivity contribution is -0.123. The van der Waals surface area contributed by atoms with Crippen molar-refractivity contribution in [2.24, 2.45) is 0 Å². The molecule has 1 fully saturated rings. The number of ether oxygens (including phenoxy) is 1. The molecule has 1 amide bonds. The highest BCUT2D eigenvalue weighted by molar-refractivity contribution is 6.30. The molecule has 2 unspecified atom stereocenters. The van der Waals surface area contributed by atoms with E-state index in [9.17, 15) is 4.79 Å². The van der Waals surface area contributed by atoms with Gasteiger partial charge in [0, 0.05) is 29.4 Å². The van der Waals surface area contributed by atoms with Crippen molar-refractivity contribution < 1.29 is 9.53 Å². The van der Waals surface area contributed by atoms with Gasteiger partial charge in [0.1, 0.15) is 6.04 Å². The zero-order valence-corrected chi connectivity index (χ0v) is 15.6. The van der Waals surface area contributed by atoms with Crippen LogP contribution in [0.1, 0.15) is 37.4 Å². The molecule has 0 radical (unpaired) electrons. The molecule has 2 atom stereocenters. The van der Waals surface area contributed by atoms with Crippen LogP contribution in [0.2, 0.25) is 5.02 Å². The first-order valence-electron chi connectivity index (χ1n) is 8.67. The highest BCUT2D eigenvalue weighted by Crippen LogP contribution is 2.24. The number of hydrogen-bond donors (Lipinski definition) is 3.